The standard InChI is InChI=1S/C16H23NO3/c1-11-5-4-6-13(7-11)20-10-12(18)9-17-15(19)14-8-16(14,2)3/h4-7,12,14,18H,8-10H2,1-3H3,(H,17,19). The minimum absolute atomic E-state index is 0.0320. The van der Waals surface area contributed by atoms with Gasteiger partial charge in [0, 0.05) is 12.5 Å². The maximum Gasteiger partial charge on any atom is 0.223 e. The minimum atomic E-state index is -0.693. The molecule has 1 aliphatic rings. The Morgan fingerprint density at radius 1 is 1.55 bits per heavy atom. The molecule has 0 saturated heterocycles. The third-order valence-electron chi connectivity index (χ3n) is 3.77. The molecule has 2 unspecified atom stereocenters. The van der Waals surface area contributed by atoms with E-state index in [4.69, 9.17) is 4.74 Å². The van der Waals surface area contributed by atoms with Gasteiger partial charge in [-0.2, -0.15) is 0 Å². The van der Waals surface area contributed by atoms with Crippen molar-refractivity contribution in [3.8, 4) is 5.75 Å². The summed E-state index contributed by atoms with van der Waals surface area (Å²) in [6.07, 6.45) is 0.232. The number of aryl methyl sites for hydroxylation is 1. The van der Waals surface area contributed by atoms with Crippen LogP contribution in [0.2, 0.25) is 0 Å². The minimum Gasteiger partial charge on any atom is -0.491 e. The topological polar surface area (TPSA) is 58.6 Å². The van der Waals surface area contributed by atoms with Gasteiger partial charge in [0.2, 0.25) is 5.91 Å². The second-order valence-electron chi connectivity index (χ2n) is 6.27. The van der Waals surface area contributed by atoms with Crippen molar-refractivity contribution >= 4 is 5.91 Å². The molecule has 0 spiro atoms. The SMILES string of the molecule is Cc1cccc(OCC(O)CNC(=O)C2CC2(C)C)c1. The normalized spacial score (nSPS) is 21.1. The van der Waals surface area contributed by atoms with Gasteiger partial charge in [0.25, 0.3) is 0 Å². The predicted molar refractivity (Wildman–Crippen MR) is 77.6 cm³/mol. The first kappa shape index (κ1) is 14.9. The summed E-state index contributed by atoms with van der Waals surface area (Å²) in [4.78, 5) is 11.8. The monoisotopic (exact) mass is 277 g/mol. The van der Waals surface area contributed by atoms with E-state index in [0.29, 0.717) is 0 Å². The van der Waals surface area contributed by atoms with Crippen LogP contribution in [0.4, 0.5) is 0 Å². The van der Waals surface area contributed by atoms with Crippen LogP contribution in [0.15, 0.2) is 24.3 Å². The molecule has 0 aromatic heterocycles. The Bertz CT molecular complexity index is 484. The van der Waals surface area contributed by atoms with Crippen LogP contribution in [0.1, 0.15) is 25.8 Å². The molecule has 1 aromatic rings. The highest BCUT2D eigenvalue weighted by atomic mass is 16.5. The van der Waals surface area contributed by atoms with Gasteiger partial charge in [0.15, 0.2) is 0 Å². The lowest BCUT2D eigenvalue weighted by molar-refractivity contribution is -0.123. The third-order valence-corrected chi connectivity index (χ3v) is 3.77. The van der Waals surface area contributed by atoms with Gasteiger partial charge in [-0.15, -0.1) is 0 Å². The number of amides is 1. The van der Waals surface area contributed by atoms with Gasteiger partial charge in [-0.25, -0.2) is 0 Å². The molecule has 4 heteroatoms. The van der Waals surface area contributed by atoms with Gasteiger partial charge >= 0.3 is 0 Å². The molecule has 1 aromatic carbocycles. The molecule has 1 saturated carbocycles. The van der Waals surface area contributed by atoms with Crippen LogP contribution < -0.4 is 10.1 Å². The van der Waals surface area contributed by atoms with Gasteiger partial charge in [-0.05, 0) is 36.5 Å². The summed E-state index contributed by atoms with van der Waals surface area (Å²) in [6.45, 7) is 6.55. The molecule has 0 aliphatic heterocycles. The number of carbonyl (C=O) groups is 1. The molecule has 1 fully saturated rings. The molecule has 4 nitrogen and oxygen atoms in total. The lowest BCUT2D eigenvalue weighted by Crippen LogP contribution is -2.36. The first-order valence-corrected chi connectivity index (χ1v) is 7.04. The zero-order chi connectivity index (χ0) is 14.8. The van der Waals surface area contributed by atoms with Crippen molar-refractivity contribution in [1.29, 1.82) is 0 Å². The Kier molecular flexibility index (Phi) is 4.33. The predicted octanol–water partition coefficient (Wildman–Crippen LogP) is 1.90. The molecule has 0 radical (unpaired) electrons. The number of carbonyl (C=O) groups excluding carboxylic acids is 1. The summed E-state index contributed by atoms with van der Waals surface area (Å²) < 4.78 is 5.50. The van der Waals surface area contributed by atoms with Crippen molar-refractivity contribution in [3.05, 3.63) is 29.8 Å². The van der Waals surface area contributed by atoms with Gasteiger partial charge in [-0.3, -0.25) is 4.79 Å². The molecule has 20 heavy (non-hydrogen) atoms. The van der Waals surface area contributed by atoms with Crippen molar-refractivity contribution in [2.24, 2.45) is 11.3 Å². The Morgan fingerprint density at radius 2 is 2.25 bits per heavy atom. The quantitative estimate of drug-likeness (QED) is 0.835. The van der Waals surface area contributed by atoms with E-state index in [-0.39, 0.29) is 30.4 Å². The number of aliphatic hydroxyl groups is 1. The Labute approximate surface area is 120 Å². The number of hydrogen-bond donors (Lipinski definition) is 2. The summed E-state index contributed by atoms with van der Waals surface area (Å²) in [5.74, 6) is 0.857. The summed E-state index contributed by atoms with van der Waals surface area (Å²) in [5, 5.41) is 12.6. The average Bonchev–Trinajstić information content (AvgIpc) is 3.03. The third kappa shape index (κ3) is 3.97. The van der Waals surface area contributed by atoms with Crippen LogP contribution in [0.3, 0.4) is 0 Å². The lowest BCUT2D eigenvalue weighted by atomic mass is 10.1. The molecule has 2 rings (SSSR count). The van der Waals surface area contributed by atoms with Gasteiger partial charge < -0.3 is 15.2 Å². The Morgan fingerprint density at radius 3 is 2.85 bits per heavy atom. The highest BCUT2D eigenvalue weighted by Gasteiger charge is 2.50. The maximum atomic E-state index is 11.8. The molecule has 0 heterocycles. The molecule has 110 valence electrons. The fraction of sp³-hybridized carbons (Fsp3) is 0.562. The number of rotatable bonds is 6. The zero-order valence-corrected chi connectivity index (χ0v) is 12.3. The maximum absolute atomic E-state index is 11.8. The fourth-order valence-corrected chi connectivity index (χ4v) is 2.21. The molecular formula is C16H23NO3. The van der Waals surface area contributed by atoms with E-state index in [9.17, 15) is 9.90 Å². The van der Waals surface area contributed by atoms with Crippen molar-refractivity contribution < 1.29 is 14.6 Å². The van der Waals surface area contributed by atoms with Crippen molar-refractivity contribution in [1.82, 2.24) is 5.32 Å². The lowest BCUT2D eigenvalue weighted by Gasteiger charge is -2.14. The van der Waals surface area contributed by atoms with E-state index in [1.807, 2.05) is 31.2 Å². The Hall–Kier alpha value is -1.55. The van der Waals surface area contributed by atoms with E-state index in [1.54, 1.807) is 0 Å². The smallest absolute Gasteiger partial charge is 0.223 e. The summed E-state index contributed by atoms with van der Waals surface area (Å²) >= 11 is 0. The number of ether oxygens (including phenoxy) is 1. The van der Waals surface area contributed by atoms with Crippen molar-refractivity contribution in [2.75, 3.05) is 13.2 Å². The van der Waals surface area contributed by atoms with Crippen LogP contribution in [0, 0.1) is 18.3 Å². The van der Waals surface area contributed by atoms with E-state index in [0.717, 1.165) is 17.7 Å². The van der Waals surface area contributed by atoms with Crippen LogP contribution >= 0.6 is 0 Å². The summed E-state index contributed by atoms with van der Waals surface area (Å²) in [6, 6.07) is 7.66. The second kappa shape index (κ2) is 5.83. The highest BCUT2D eigenvalue weighted by molar-refractivity contribution is 5.82. The van der Waals surface area contributed by atoms with E-state index in [2.05, 4.69) is 19.2 Å². The number of nitrogens with one attached hydrogen (secondary N) is 1. The molecule has 2 atom stereocenters. The van der Waals surface area contributed by atoms with Crippen LogP contribution in [0.25, 0.3) is 0 Å². The molecule has 0 bridgehead atoms. The fourth-order valence-electron chi connectivity index (χ4n) is 2.21. The molecule has 1 amide bonds. The van der Waals surface area contributed by atoms with Gasteiger partial charge in [0.05, 0.1) is 0 Å². The first-order chi connectivity index (χ1) is 9.38. The Balaban J connectivity index is 1.68. The highest BCUT2D eigenvalue weighted by Crippen LogP contribution is 2.51. The summed E-state index contributed by atoms with van der Waals surface area (Å²) in [7, 11) is 0. The number of aliphatic hydroxyl groups excluding tert-OH is 1. The van der Waals surface area contributed by atoms with Crippen molar-refractivity contribution in [2.45, 2.75) is 33.3 Å². The van der Waals surface area contributed by atoms with Crippen LogP contribution in [-0.4, -0.2) is 30.3 Å². The van der Waals surface area contributed by atoms with Gasteiger partial charge in [0.1, 0.15) is 18.5 Å². The second-order valence-corrected chi connectivity index (χ2v) is 6.27. The van der Waals surface area contributed by atoms with Crippen LogP contribution in [-0.2, 0) is 4.79 Å². The van der Waals surface area contributed by atoms with Crippen molar-refractivity contribution in [3.63, 3.8) is 0 Å². The van der Waals surface area contributed by atoms with Gasteiger partial charge in [-0.1, -0.05) is 26.0 Å². The first-order valence-electron chi connectivity index (χ1n) is 7.04. The van der Waals surface area contributed by atoms with E-state index in [1.165, 1.54) is 0 Å². The molecule has 1 aliphatic carbocycles. The van der Waals surface area contributed by atoms with E-state index < -0.39 is 6.10 Å². The van der Waals surface area contributed by atoms with E-state index >= 15 is 0 Å². The summed E-state index contributed by atoms with van der Waals surface area (Å²) in [5.41, 5.74) is 1.23. The largest absolute Gasteiger partial charge is 0.491 e. The van der Waals surface area contributed by atoms with Crippen LogP contribution in [0.5, 0.6) is 5.75 Å². The number of benzene rings is 1. The average molecular weight is 277 g/mol. The molecular weight excluding hydrogens is 254 g/mol. The zero-order valence-electron chi connectivity index (χ0n) is 12.3. The number of hydrogen-bond acceptors (Lipinski definition) is 3. The molecule has 2 N–H and O–H groups in total.